The van der Waals surface area contributed by atoms with Gasteiger partial charge in [-0.1, -0.05) is 17.7 Å². The Morgan fingerprint density at radius 3 is 2.70 bits per heavy atom. The Morgan fingerprint density at radius 1 is 1.30 bits per heavy atom. The summed E-state index contributed by atoms with van der Waals surface area (Å²) >= 11 is 0. The number of benzene rings is 1. The van der Waals surface area contributed by atoms with Gasteiger partial charge in [0.05, 0.1) is 0 Å². The minimum absolute atomic E-state index is 0.324. The van der Waals surface area contributed by atoms with Crippen LogP contribution in [0.5, 0.6) is 5.75 Å². The lowest BCUT2D eigenvalue weighted by Gasteiger charge is -2.15. The molecule has 4 nitrogen and oxygen atoms in total. The van der Waals surface area contributed by atoms with Gasteiger partial charge in [-0.05, 0) is 59.1 Å². The molecule has 1 rings (SSSR count). The molecule has 1 aromatic carbocycles. The molecule has 20 heavy (non-hydrogen) atoms. The van der Waals surface area contributed by atoms with E-state index in [1.54, 1.807) is 0 Å². The number of nitrogens with one attached hydrogen (secondary N) is 1. The summed E-state index contributed by atoms with van der Waals surface area (Å²) in [6.45, 7) is 6.95. The molecule has 0 amide bonds. The minimum Gasteiger partial charge on any atom is -0.491 e. The highest BCUT2D eigenvalue weighted by Crippen LogP contribution is 2.18. The zero-order valence-corrected chi connectivity index (χ0v) is 13.1. The summed E-state index contributed by atoms with van der Waals surface area (Å²) in [4.78, 5) is 2.15. The molecule has 0 aliphatic rings. The van der Waals surface area contributed by atoms with Crippen LogP contribution >= 0.6 is 0 Å². The van der Waals surface area contributed by atoms with E-state index in [9.17, 15) is 5.11 Å². The molecular formula is C16H28N2O2. The molecule has 1 unspecified atom stereocenters. The van der Waals surface area contributed by atoms with Crippen molar-refractivity contribution < 1.29 is 9.84 Å². The van der Waals surface area contributed by atoms with Crippen LogP contribution < -0.4 is 10.1 Å². The number of aryl methyl sites for hydroxylation is 2. The van der Waals surface area contributed by atoms with Crippen LogP contribution in [-0.2, 0) is 0 Å². The molecule has 0 aromatic heterocycles. The van der Waals surface area contributed by atoms with Crippen molar-refractivity contribution in [3.05, 3.63) is 29.3 Å². The van der Waals surface area contributed by atoms with Gasteiger partial charge in [0.1, 0.15) is 18.5 Å². The van der Waals surface area contributed by atoms with Gasteiger partial charge in [0.2, 0.25) is 0 Å². The normalized spacial score (nSPS) is 12.7. The first kappa shape index (κ1) is 17.0. The Balaban J connectivity index is 2.18. The van der Waals surface area contributed by atoms with Gasteiger partial charge in [-0.3, -0.25) is 0 Å². The van der Waals surface area contributed by atoms with E-state index in [2.05, 4.69) is 37.3 Å². The molecule has 4 heteroatoms. The number of hydrogen-bond donors (Lipinski definition) is 2. The smallest absolute Gasteiger partial charge is 0.122 e. The summed E-state index contributed by atoms with van der Waals surface area (Å²) in [5.74, 6) is 0.849. The summed E-state index contributed by atoms with van der Waals surface area (Å²) in [6, 6.07) is 6.07. The van der Waals surface area contributed by atoms with E-state index >= 15 is 0 Å². The van der Waals surface area contributed by atoms with Crippen LogP contribution in [0.15, 0.2) is 18.2 Å². The number of rotatable bonds is 9. The molecule has 0 heterocycles. The highest BCUT2D eigenvalue weighted by atomic mass is 16.5. The minimum atomic E-state index is -0.477. The lowest BCUT2D eigenvalue weighted by Crippen LogP contribution is -2.33. The van der Waals surface area contributed by atoms with Crippen LogP contribution in [0.1, 0.15) is 17.5 Å². The predicted molar refractivity (Wildman–Crippen MR) is 83.5 cm³/mol. The SMILES string of the molecule is Cc1ccc(OCC(O)CNCCCN(C)C)c(C)c1. The maximum atomic E-state index is 9.87. The van der Waals surface area contributed by atoms with Crippen LogP contribution in [0.4, 0.5) is 0 Å². The summed E-state index contributed by atoms with van der Waals surface area (Å²) in [5.41, 5.74) is 2.33. The fourth-order valence-electron chi connectivity index (χ4n) is 2.00. The number of aliphatic hydroxyl groups is 1. The average Bonchev–Trinajstić information content (AvgIpc) is 2.37. The molecule has 114 valence electrons. The van der Waals surface area contributed by atoms with Crippen molar-refractivity contribution in [2.75, 3.05) is 40.3 Å². The third kappa shape index (κ3) is 6.89. The largest absolute Gasteiger partial charge is 0.491 e. The molecule has 0 fully saturated rings. The fourth-order valence-corrected chi connectivity index (χ4v) is 2.00. The Kier molecular flexibility index (Phi) is 7.59. The first-order valence-electron chi connectivity index (χ1n) is 7.22. The number of hydrogen-bond acceptors (Lipinski definition) is 4. The summed E-state index contributed by atoms with van der Waals surface area (Å²) in [7, 11) is 4.12. The van der Waals surface area contributed by atoms with Gasteiger partial charge in [-0.25, -0.2) is 0 Å². The first-order chi connectivity index (χ1) is 9.49. The second kappa shape index (κ2) is 8.95. The molecule has 0 saturated carbocycles. The van der Waals surface area contributed by atoms with E-state index in [-0.39, 0.29) is 0 Å². The Bertz CT molecular complexity index is 394. The maximum absolute atomic E-state index is 9.87. The molecular weight excluding hydrogens is 252 g/mol. The predicted octanol–water partition coefficient (Wildman–Crippen LogP) is 1.58. The van der Waals surface area contributed by atoms with E-state index in [0.717, 1.165) is 30.8 Å². The summed E-state index contributed by atoms with van der Waals surface area (Å²) in [5, 5.41) is 13.1. The monoisotopic (exact) mass is 280 g/mol. The van der Waals surface area contributed by atoms with Gasteiger partial charge in [-0.15, -0.1) is 0 Å². The highest BCUT2D eigenvalue weighted by Gasteiger charge is 2.06. The Morgan fingerprint density at radius 2 is 2.05 bits per heavy atom. The lowest BCUT2D eigenvalue weighted by atomic mass is 10.1. The number of aliphatic hydroxyl groups excluding tert-OH is 1. The molecule has 2 N–H and O–H groups in total. The molecule has 1 atom stereocenters. The van der Waals surface area contributed by atoms with Gasteiger partial charge in [0, 0.05) is 6.54 Å². The standard InChI is InChI=1S/C16H28N2O2/c1-13-6-7-16(14(2)10-13)20-12-15(19)11-17-8-5-9-18(3)4/h6-7,10,15,17,19H,5,8-9,11-12H2,1-4H3. The maximum Gasteiger partial charge on any atom is 0.122 e. The third-order valence-electron chi connectivity index (χ3n) is 3.10. The molecule has 0 spiro atoms. The van der Waals surface area contributed by atoms with Gasteiger partial charge in [-0.2, -0.15) is 0 Å². The Hall–Kier alpha value is -1.10. The molecule has 0 aliphatic heterocycles. The molecule has 0 radical (unpaired) electrons. The quantitative estimate of drug-likeness (QED) is 0.674. The van der Waals surface area contributed by atoms with Gasteiger partial charge < -0.3 is 20.1 Å². The number of nitrogens with zero attached hydrogens (tertiary/aromatic N) is 1. The second-order valence-corrected chi connectivity index (χ2v) is 5.59. The van der Waals surface area contributed by atoms with Gasteiger partial charge >= 0.3 is 0 Å². The third-order valence-corrected chi connectivity index (χ3v) is 3.10. The van der Waals surface area contributed by atoms with E-state index in [0.29, 0.717) is 13.2 Å². The van der Waals surface area contributed by atoms with Crippen LogP contribution in [-0.4, -0.2) is 56.4 Å². The molecule has 1 aromatic rings. The van der Waals surface area contributed by atoms with E-state index < -0.39 is 6.10 Å². The topological polar surface area (TPSA) is 44.7 Å². The molecule has 0 saturated heterocycles. The van der Waals surface area contributed by atoms with Crippen LogP contribution in [0.3, 0.4) is 0 Å². The summed E-state index contributed by atoms with van der Waals surface area (Å²) < 4.78 is 5.65. The van der Waals surface area contributed by atoms with Crippen LogP contribution in [0.25, 0.3) is 0 Å². The van der Waals surface area contributed by atoms with Crippen LogP contribution in [0.2, 0.25) is 0 Å². The van der Waals surface area contributed by atoms with Crippen molar-refractivity contribution in [1.82, 2.24) is 10.2 Å². The van der Waals surface area contributed by atoms with Crippen molar-refractivity contribution in [3.63, 3.8) is 0 Å². The van der Waals surface area contributed by atoms with Gasteiger partial charge in [0.15, 0.2) is 0 Å². The lowest BCUT2D eigenvalue weighted by molar-refractivity contribution is 0.106. The van der Waals surface area contributed by atoms with Crippen molar-refractivity contribution >= 4 is 0 Å². The fraction of sp³-hybridized carbons (Fsp3) is 0.625. The van der Waals surface area contributed by atoms with Crippen molar-refractivity contribution in [1.29, 1.82) is 0 Å². The van der Waals surface area contributed by atoms with Crippen molar-refractivity contribution in [2.24, 2.45) is 0 Å². The van der Waals surface area contributed by atoms with E-state index in [4.69, 9.17) is 4.74 Å². The highest BCUT2D eigenvalue weighted by molar-refractivity contribution is 5.35. The van der Waals surface area contributed by atoms with E-state index in [1.807, 2.05) is 19.1 Å². The van der Waals surface area contributed by atoms with E-state index in [1.165, 1.54) is 5.56 Å². The van der Waals surface area contributed by atoms with Crippen LogP contribution in [0, 0.1) is 13.8 Å². The van der Waals surface area contributed by atoms with Crippen molar-refractivity contribution in [3.8, 4) is 5.75 Å². The molecule has 0 bridgehead atoms. The zero-order chi connectivity index (χ0) is 15.0. The summed E-state index contributed by atoms with van der Waals surface area (Å²) in [6.07, 6.45) is 0.604. The first-order valence-corrected chi connectivity index (χ1v) is 7.22. The zero-order valence-electron chi connectivity index (χ0n) is 13.1. The second-order valence-electron chi connectivity index (χ2n) is 5.59. The van der Waals surface area contributed by atoms with Crippen molar-refractivity contribution in [2.45, 2.75) is 26.4 Å². The number of ether oxygens (including phenoxy) is 1. The van der Waals surface area contributed by atoms with Gasteiger partial charge in [0.25, 0.3) is 0 Å². The Labute approximate surface area is 122 Å². The molecule has 0 aliphatic carbocycles. The average molecular weight is 280 g/mol.